The molecule has 3 rings (SSSR count). The lowest BCUT2D eigenvalue weighted by Crippen LogP contribution is -2.42. The summed E-state index contributed by atoms with van der Waals surface area (Å²) in [5.41, 5.74) is 8.36. The standard InChI is InChI=1S/C20H27N5O2.BrH/c1-3-27-19(26)18-9-12-25(23-18)17-6-4-5-16(13-17)14-22-20(21)24-10-7-15(2)8-11-24;/h4-6,9,12-13,15H,3,7-8,10-11,14H2,1-2H3,(H2,21,22);1H. The number of nitrogens with two attached hydrogens (primary N) is 1. The van der Waals surface area contributed by atoms with Crippen LogP contribution in [-0.4, -0.2) is 46.3 Å². The molecule has 152 valence electrons. The highest BCUT2D eigenvalue weighted by atomic mass is 79.9. The van der Waals surface area contributed by atoms with Crippen molar-refractivity contribution in [2.24, 2.45) is 16.6 Å². The van der Waals surface area contributed by atoms with E-state index in [0.29, 0.717) is 24.8 Å². The first-order chi connectivity index (χ1) is 13.1. The van der Waals surface area contributed by atoms with E-state index in [4.69, 9.17) is 10.5 Å². The van der Waals surface area contributed by atoms with E-state index in [0.717, 1.165) is 43.1 Å². The molecule has 0 radical (unpaired) electrons. The minimum Gasteiger partial charge on any atom is -0.461 e. The number of rotatable bonds is 5. The Morgan fingerprint density at radius 3 is 2.79 bits per heavy atom. The van der Waals surface area contributed by atoms with E-state index < -0.39 is 5.97 Å². The first-order valence-electron chi connectivity index (χ1n) is 9.43. The van der Waals surface area contributed by atoms with Crippen LogP contribution in [0, 0.1) is 5.92 Å². The lowest BCUT2D eigenvalue weighted by atomic mass is 10.00. The third kappa shape index (κ3) is 5.58. The average molecular weight is 450 g/mol. The van der Waals surface area contributed by atoms with E-state index in [-0.39, 0.29) is 17.0 Å². The molecular weight excluding hydrogens is 422 g/mol. The lowest BCUT2D eigenvalue weighted by molar-refractivity contribution is 0.0519. The van der Waals surface area contributed by atoms with Crippen molar-refractivity contribution in [3.8, 4) is 5.69 Å². The van der Waals surface area contributed by atoms with Crippen LogP contribution in [0.4, 0.5) is 0 Å². The first kappa shape index (κ1) is 21.9. The molecule has 1 aliphatic rings. The van der Waals surface area contributed by atoms with Crippen LogP contribution in [0.5, 0.6) is 0 Å². The molecule has 0 amide bonds. The zero-order chi connectivity index (χ0) is 19.2. The third-order valence-electron chi connectivity index (χ3n) is 4.78. The van der Waals surface area contributed by atoms with Gasteiger partial charge >= 0.3 is 5.97 Å². The summed E-state index contributed by atoms with van der Waals surface area (Å²) in [6, 6.07) is 9.54. The van der Waals surface area contributed by atoms with Crippen molar-refractivity contribution < 1.29 is 9.53 Å². The second kappa shape index (κ2) is 10.3. The number of piperidine rings is 1. The summed E-state index contributed by atoms with van der Waals surface area (Å²) in [4.78, 5) is 18.5. The Bertz CT molecular complexity index is 812. The number of hydrogen-bond acceptors (Lipinski definition) is 4. The van der Waals surface area contributed by atoms with Crippen molar-refractivity contribution in [1.82, 2.24) is 14.7 Å². The number of halogens is 1. The molecule has 2 aromatic rings. The Hall–Kier alpha value is -2.35. The molecule has 1 fully saturated rings. The second-order valence-electron chi connectivity index (χ2n) is 6.88. The monoisotopic (exact) mass is 449 g/mol. The maximum Gasteiger partial charge on any atom is 0.358 e. The van der Waals surface area contributed by atoms with Gasteiger partial charge in [0.25, 0.3) is 0 Å². The number of aliphatic imine (C=N–C) groups is 1. The summed E-state index contributed by atoms with van der Waals surface area (Å²) in [5.74, 6) is 0.955. The number of nitrogens with zero attached hydrogens (tertiary/aromatic N) is 4. The SMILES string of the molecule is Br.CCOC(=O)c1ccn(-c2cccc(CN=C(N)N3CCC(C)CC3)c2)n1. The quantitative estimate of drug-likeness (QED) is 0.430. The summed E-state index contributed by atoms with van der Waals surface area (Å²) in [6.45, 7) is 6.84. The summed E-state index contributed by atoms with van der Waals surface area (Å²) in [6.07, 6.45) is 4.07. The maximum atomic E-state index is 11.8. The maximum absolute atomic E-state index is 11.8. The van der Waals surface area contributed by atoms with Gasteiger partial charge in [-0.1, -0.05) is 19.1 Å². The molecule has 1 aromatic heterocycles. The number of hydrogen-bond donors (Lipinski definition) is 1. The van der Waals surface area contributed by atoms with Gasteiger partial charge in [0, 0.05) is 19.3 Å². The summed E-state index contributed by atoms with van der Waals surface area (Å²) < 4.78 is 6.64. The minimum atomic E-state index is -0.416. The number of ether oxygens (including phenoxy) is 1. The second-order valence-corrected chi connectivity index (χ2v) is 6.88. The number of esters is 1. The highest BCUT2D eigenvalue weighted by Crippen LogP contribution is 2.16. The van der Waals surface area contributed by atoms with E-state index in [1.807, 2.05) is 24.3 Å². The van der Waals surface area contributed by atoms with Gasteiger partial charge in [0.05, 0.1) is 18.8 Å². The molecule has 1 aromatic carbocycles. The topological polar surface area (TPSA) is 85.7 Å². The minimum absolute atomic E-state index is 0. The molecule has 2 heterocycles. The molecular formula is C20H28BrN5O2. The van der Waals surface area contributed by atoms with Crippen LogP contribution in [0.15, 0.2) is 41.5 Å². The molecule has 0 unspecified atom stereocenters. The fourth-order valence-electron chi connectivity index (χ4n) is 3.09. The number of likely N-dealkylation sites (tertiary alicyclic amines) is 1. The Kier molecular flexibility index (Phi) is 8.04. The molecule has 0 bridgehead atoms. The summed E-state index contributed by atoms with van der Waals surface area (Å²) >= 11 is 0. The van der Waals surface area contributed by atoms with Gasteiger partial charge in [-0.15, -0.1) is 17.0 Å². The number of guanidine groups is 1. The third-order valence-corrected chi connectivity index (χ3v) is 4.78. The molecule has 0 spiro atoms. The van der Waals surface area contributed by atoms with Crippen molar-refractivity contribution in [3.63, 3.8) is 0 Å². The van der Waals surface area contributed by atoms with Gasteiger partial charge in [0.2, 0.25) is 0 Å². The van der Waals surface area contributed by atoms with E-state index >= 15 is 0 Å². The highest BCUT2D eigenvalue weighted by Gasteiger charge is 2.17. The zero-order valence-electron chi connectivity index (χ0n) is 16.4. The van der Waals surface area contributed by atoms with E-state index in [9.17, 15) is 4.79 Å². The van der Waals surface area contributed by atoms with Gasteiger partial charge in [-0.3, -0.25) is 0 Å². The number of carbonyl (C=O) groups excluding carboxylic acids is 1. The van der Waals surface area contributed by atoms with E-state index in [1.165, 1.54) is 0 Å². The fraction of sp³-hybridized carbons (Fsp3) is 0.450. The first-order valence-corrected chi connectivity index (χ1v) is 9.43. The Labute approximate surface area is 176 Å². The lowest BCUT2D eigenvalue weighted by Gasteiger charge is -2.31. The van der Waals surface area contributed by atoms with Crippen LogP contribution in [0.25, 0.3) is 5.69 Å². The number of carbonyl (C=O) groups is 1. The van der Waals surface area contributed by atoms with Gasteiger partial charge in [-0.25, -0.2) is 14.5 Å². The molecule has 0 aliphatic carbocycles. The Morgan fingerprint density at radius 1 is 1.32 bits per heavy atom. The summed E-state index contributed by atoms with van der Waals surface area (Å²) in [7, 11) is 0. The molecule has 1 aliphatic heterocycles. The van der Waals surface area contributed by atoms with Crippen LogP contribution in [-0.2, 0) is 11.3 Å². The average Bonchev–Trinajstić information content (AvgIpc) is 3.17. The van der Waals surface area contributed by atoms with Crippen LogP contribution in [0.2, 0.25) is 0 Å². The van der Waals surface area contributed by atoms with Crippen molar-refractivity contribution in [2.75, 3.05) is 19.7 Å². The number of benzene rings is 1. The molecule has 1 saturated heterocycles. The molecule has 2 N–H and O–H groups in total. The highest BCUT2D eigenvalue weighted by molar-refractivity contribution is 8.93. The molecule has 8 heteroatoms. The smallest absolute Gasteiger partial charge is 0.358 e. The van der Waals surface area contributed by atoms with Crippen molar-refractivity contribution >= 4 is 28.9 Å². The van der Waals surface area contributed by atoms with Crippen LogP contribution in [0.3, 0.4) is 0 Å². The Balaban J connectivity index is 0.00000280. The molecule has 7 nitrogen and oxygen atoms in total. The Morgan fingerprint density at radius 2 is 2.07 bits per heavy atom. The normalized spacial score (nSPS) is 15.2. The number of aromatic nitrogens is 2. The van der Waals surface area contributed by atoms with Gasteiger partial charge in [0.1, 0.15) is 0 Å². The van der Waals surface area contributed by atoms with Crippen molar-refractivity contribution in [2.45, 2.75) is 33.2 Å². The molecule has 28 heavy (non-hydrogen) atoms. The van der Waals surface area contributed by atoms with Gasteiger partial charge < -0.3 is 15.4 Å². The zero-order valence-corrected chi connectivity index (χ0v) is 18.1. The predicted octanol–water partition coefficient (Wildman–Crippen LogP) is 3.17. The molecule has 0 atom stereocenters. The van der Waals surface area contributed by atoms with Gasteiger partial charge in [-0.2, -0.15) is 5.10 Å². The van der Waals surface area contributed by atoms with Crippen LogP contribution in [0.1, 0.15) is 42.7 Å². The van der Waals surface area contributed by atoms with Gasteiger partial charge in [-0.05, 0) is 49.4 Å². The summed E-state index contributed by atoms with van der Waals surface area (Å²) in [5, 5.41) is 4.29. The van der Waals surface area contributed by atoms with Crippen LogP contribution >= 0.6 is 17.0 Å². The van der Waals surface area contributed by atoms with Gasteiger partial charge in [0.15, 0.2) is 11.7 Å². The van der Waals surface area contributed by atoms with Crippen LogP contribution < -0.4 is 5.73 Å². The van der Waals surface area contributed by atoms with E-state index in [1.54, 1.807) is 23.9 Å². The molecule has 0 saturated carbocycles. The fourth-order valence-corrected chi connectivity index (χ4v) is 3.09. The van der Waals surface area contributed by atoms with Crippen molar-refractivity contribution in [3.05, 3.63) is 47.8 Å². The largest absolute Gasteiger partial charge is 0.461 e. The van der Waals surface area contributed by atoms with Crippen molar-refractivity contribution in [1.29, 1.82) is 0 Å². The van der Waals surface area contributed by atoms with E-state index in [2.05, 4.69) is 21.9 Å². The predicted molar refractivity (Wildman–Crippen MR) is 115 cm³/mol.